The monoisotopic (exact) mass is 332 g/mol. The Balaban J connectivity index is 1.51. The zero-order chi connectivity index (χ0) is 16.3. The van der Waals surface area contributed by atoms with Crippen LogP contribution in [0.4, 0.5) is 5.95 Å². The van der Waals surface area contributed by atoms with Crippen molar-refractivity contribution in [3.8, 4) is 0 Å². The van der Waals surface area contributed by atoms with Gasteiger partial charge in [-0.1, -0.05) is 0 Å². The van der Waals surface area contributed by atoms with E-state index in [2.05, 4.69) is 15.3 Å². The zero-order valence-electron chi connectivity index (χ0n) is 13.0. The van der Waals surface area contributed by atoms with Gasteiger partial charge in [-0.05, 0) is 31.5 Å². The summed E-state index contributed by atoms with van der Waals surface area (Å²) in [5.74, 6) is 0.554. The van der Waals surface area contributed by atoms with Gasteiger partial charge in [0.25, 0.3) is 0 Å². The van der Waals surface area contributed by atoms with Crippen LogP contribution in [-0.2, 0) is 11.2 Å². The Kier molecular flexibility index (Phi) is 4.58. The molecule has 1 aliphatic rings. The molecule has 3 heterocycles. The van der Waals surface area contributed by atoms with Gasteiger partial charge >= 0.3 is 0 Å². The molecule has 1 atom stereocenters. The van der Waals surface area contributed by atoms with Gasteiger partial charge in [-0.25, -0.2) is 9.97 Å². The van der Waals surface area contributed by atoms with Crippen LogP contribution in [0.1, 0.15) is 16.2 Å². The predicted molar refractivity (Wildman–Crippen MR) is 89.6 cm³/mol. The number of β-amino-alcohol motifs (C(OH)–C–C–N with tert-alkyl or cyclic N) is 1. The first-order valence-electron chi connectivity index (χ1n) is 7.60. The van der Waals surface area contributed by atoms with Crippen LogP contribution in [0.2, 0.25) is 0 Å². The third kappa shape index (κ3) is 4.05. The van der Waals surface area contributed by atoms with Gasteiger partial charge in [0.1, 0.15) is 5.60 Å². The van der Waals surface area contributed by atoms with Gasteiger partial charge in [0.2, 0.25) is 11.9 Å². The number of thiophene rings is 1. The van der Waals surface area contributed by atoms with Crippen molar-refractivity contribution in [2.75, 3.05) is 24.5 Å². The average Bonchev–Trinajstić information content (AvgIpc) is 3.13. The lowest BCUT2D eigenvalue weighted by Gasteiger charge is -2.23. The van der Waals surface area contributed by atoms with Crippen LogP contribution in [-0.4, -0.2) is 46.2 Å². The molecule has 0 aliphatic carbocycles. The Morgan fingerprint density at radius 1 is 1.43 bits per heavy atom. The number of aliphatic hydroxyl groups is 1. The van der Waals surface area contributed by atoms with Gasteiger partial charge in [-0.15, -0.1) is 11.3 Å². The van der Waals surface area contributed by atoms with Gasteiger partial charge in [-0.2, -0.15) is 0 Å². The molecule has 122 valence electrons. The highest BCUT2D eigenvalue weighted by atomic mass is 32.1. The fraction of sp³-hybridized carbons (Fsp3) is 0.438. The van der Waals surface area contributed by atoms with Crippen LogP contribution in [0.15, 0.2) is 30.6 Å². The molecule has 0 unspecified atom stereocenters. The highest BCUT2D eigenvalue weighted by Gasteiger charge is 2.37. The molecule has 3 rings (SSSR count). The van der Waals surface area contributed by atoms with E-state index >= 15 is 0 Å². The number of nitrogens with zero attached hydrogens (tertiary/aromatic N) is 3. The molecule has 1 saturated heterocycles. The number of hydrogen-bond donors (Lipinski definition) is 2. The summed E-state index contributed by atoms with van der Waals surface area (Å²) in [6.45, 7) is 3.38. The average molecular weight is 332 g/mol. The summed E-state index contributed by atoms with van der Waals surface area (Å²) in [5, 5.41) is 13.5. The normalized spacial score (nSPS) is 20.7. The number of nitrogens with one attached hydrogen (secondary N) is 1. The van der Waals surface area contributed by atoms with Gasteiger partial charge < -0.3 is 15.3 Å². The molecular weight excluding hydrogens is 312 g/mol. The first-order valence-corrected chi connectivity index (χ1v) is 8.42. The van der Waals surface area contributed by atoms with E-state index < -0.39 is 5.60 Å². The molecule has 6 nitrogen and oxygen atoms in total. The van der Waals surface area contributed by atoms with E-state index in [9.17, 15) is 9.90 Å². The number of anilines is 1. The fourth-order valence-corrected chi connectivity index (χ4v) is 3.58. The Labute approximate surface area is 139 Å². The van der Waals surface area contributed by atoms with Gasteiger partial charge in [0, 0.05) is 35.2 Å². The first-order chi connectivity index (χ1) is 11.0. The molecule has 0 bridgehead atoms. The minimum absolute atomic E-state index is 0.0605. The number of aryl methyl sites for hydroxylation is 1. The number of rotatable bonds is 5. The highest BCUT2D eigenvalue weighted by molar-refractivity contribution is 7.12. The summed E-state index contributed by atoms with van der Waals surface area (Å²) in [5.41, 5.74) is -0.930. The van der Waals surface area contributed by atoms with Gasteiger partial charge in [0.05, 0.1) is 13.0 Å². The molecule has 0 radical (unpaired) electrons. The van der Waals surface area contributed by atoms with E-state index in [1.54, 1.807) is 29.8 Å². The van der Waals surface area contributed by atoms with Crippen LogP contribution in [0.3, 0.4) is 0 Å². The third-order valence-electron chi connectivity index (χ3n) is 3.91. The van der Waals surface area contributed by atoms with Crippen molar-refractivity contribution in [2.45, 2.75) is 25.4 Å². The SMILES string of the molecule is Cc1ccc(CC(=O)NC[C@]2(O)CCN(c3ncccn3)C2)s1. The van der Waals surface area contributed by atoms with E-state index in [1.807, 2.05) is 24.0 Å². The Bertz CT molecular complexity index is 676. The lowest BCUT2D eigenvalue weighted by molar-refractivity contribution is -0.121. The molecular formula is C16H20N4O2S. The van der Waals surface area contributed by atoms with Crippen molar-refractivity contribution >= 4 is 23.2 Å². The molecule has 1 fully saturated rings. The number of hydrogen-bond acceptors (Lipinski definition) is 6. The van der Waals surface area contributed by atoms with Crippen LogP contribution in [0.5, 0.6) is 0 Å². The Hall–Kier alpha value is -1.99. The summed E-state index contributed by atoms with van der Waals surface area (Å²) in [6, 6.07) is 5.74. The molecule has 1 aliphatic heterocycles. The second kappa shape index (κ2) is 6.64. The lowest BCUT2D eigenvalue weighted by atomic mass is 10.0. The molecule has 2 N–H and O–H groups in total. The summed E-state index contributed by atoms with van der Waals surface area (Å²) >= 11 is 1.62. The topological polar surface area (TPSA) is 78.4 Å². The van der Waals surface area contributed by atoms with Crippen LogP contribution < -0.4 is 10.2 Å². The van der Waals surface area contributed by atoms with Crippen molar-refractivity contribution in [1.29, 1.82) is 0 Å². The number of carbonyl (C=O) groups is 1. The molecule has 7 heteroatoms. The summed E-state index contributed by atoms with van der Waals surface area (Å²) < 4.78 is 0. The van der Waals surface area contributed by atoms with E-state index in [0.29, 0.717) is 31.9 Å². The van der Waals surface area contributed by atoms with Crippen LogP contribution >= 0.6 is 11.3 Å². The van der Waals surface area contributed by atoms with E-state index in [4.69, 9.17) is 0 Å². The highest BCUT2D eigenvalue weighted by Crippen LogP contribution is 2.23. The third-order valence-corrected chi connectivity index (χ3v) is 4.91. The molecule has 0 spiro atoms. The molecule has 0 saturated carbocycles. The number of carbonyl (C=O) groups excluding carboxylic acids is 1. The van der Waals surface area contributed by atoms with Crippen molar-refractivity contribution < 1.29 is 9.90 Å². The predicted octanol–water partition coefficient (Wildman–Crippen LogP) is 1.15. The summed E-state index contributed by atoms with van der Waals surface area (Å²) in [6.07, 6.45) is 4.32. The standard InChI is InChI=1S/C16H20N4O2S/c1-12-3-4-13(23-12)9-14(21)19-10-16(22)5-8-20(11-16)15-17-6-2-7-18-15/h2-4,6-7,22H,5,8-11H2,1H3,(H,19,21)/t16-/m1/s1. The quantitative estimate of drug-likeness (QED) is 0.859. The van der Waals surface area contributed by atoms with E-state index in [-0.39, 0.29) is 12.5 Å². The first kappa shape index (κ1) is 15.9. The van der Waals surface area contributed by atoms with Crippen molar-refractivity contribution in [1.82, 2.24) is 15.3 Å². The van der Waals surface area contributed by atoms with Gasteiger partial charge in [0.15, 0.2) is 0 Å². The van der Waals surface area contributed by atoms with Crippen molar-refractivity contribution in [2.24, 2.45) is 0 Å². The molecule has 2 aromatic heterocycles. The molecule has 2 aromatic rings. The largest absolute Gasteiger partial charge is 0.386 e. The number of amides is 1. The Morgan fingerprint density at radius 3 is 2.91 bits per heavy atom. The van der Waals surface area contributed by atoms with Crippen LogP contribution in [0, 0.1) is 6.92 Å². The maximum atomic E-state index is 12.0. The van der Waals surface area contributed by atoms with Gasteiger partial charge in [-0.3, -0.25) is 4.79 Å². The maximum absolute atomic E-state index is 12.0. The second-order valence-corrected chi connectivity index (χ2v) is 7.28. The molecule has 0 aromatic carbocycles. The van der Waals surface area contributed by atoms with E-state index in [1.165, 1.54) is 4.88 Å². The minimum atomic E-state index is -0.930. The second-order valence-electron chi connectivity index (χ2n) is 5.91. The fourth-order valence-electron chi connectivity index (χ4n) is 2.69. The zero-order valence-corrected chi connectivity index (χ0v) is 13.8. The van der Waals surface area contributed by atoms with Crippen molar-refractivity contribution in [3.05, 3.63) is 40.3 Å². The summed E-state index contributed by atoms with van der Waals surface area (Å²) in [7, 11) is 0. The smallest absolute Gasteiger partial charge is 0.225 e. The summed E-state index contributed by atoms with van der Waals surface area (Å²) in [4.78, 5) is 24.6. The number of aromatic nitrogens is 2. The van der Waals surface area contributed by atoms with Crippen LogP contribution in [0.25, 0.3) is 0 Å². The maximum Gasteiger partial charge on any atom is 0.225 e. The molecule has 1 amide bonds. The van der Waals surface area contributed by atoms with E-state index in [0.717, 1.165) is 4.88 Å². The lowest BCUT2D eigenvalue weighted by Crippen LogP contribution is -2.45. The van der Waals surface area contributed by atoms with Crippen molar-refractivity contribution in [3.63, 3.8) is 0 Å². The molecule has 23 heavy (non-hydrogen) atoms. The Morgan fingerprint density at radius 2 is 2.22 bits per heavy atom. The minimum Gasteiger partial charge on any atom is -0.386 e.